The van der Waals surface area contributed by atoms with Crippen molar-refractivity contribution in [3.05, 3.63) is 53.3 Å². The quantitative estimate of drug-likeness (QED) is 0.854. The lowest BCUT2D eigenvalue weighted by Crippen LogP contribution is -2.19. The number of aryl methyl sites for hydroxylation is 1. The molecule has 0 aliphatic rings. The van der Waals surface area contributed by atoms with Crippen LogP contribution in [-0.4, -0.2) is 17.4 Å². The lowest BCUT2D eigenvalue weighted by Gasteiger charge is -2.13. The summed E-state index contributed by atoms with van der Waals surface area (Å²) in [4.78, 5) is 11.0. The van der Waals surface area contributed by atoms with Crippen molar-refractivity contribution in [2.75, 3.05) is 0 Å². The van der Waals surface area contributed by atoms with Crippen molar-refractivity contribution in [3.8, 4) is 16.9 Å². The number of aromatic carboxylic acids is 1. The van der Waals surface area contributed by atoms with E-state index >= 15 is 0 Å². The standard InChI is InChI=1S/C15H10F4O3/c1-8-6-9(3-5-12(8)16)10-2-4-11(14(20)21)13(7-10)22-15(17,18)19/h2-7H,1H3,(H,20,21). The summed E-state index contributed by atoms with van der Waals surface area (Å²) >= 11 is 0. The van der Waals surface area contributed by atoms with Crippen LogP contribution >= 0.6 is 0 Å². The molecule has 0 amide bonds. The van der Waals surface area contributed by atoms with E-state index in [4.69, 9.17) is 5.11 Å². The Morgan fingerprint density at radius 3 is 2.23 bits per heavy atom. The number of carboxylic acid groups (broad SMARTS) is 1. The highest BCUT2D eigenvalue weighted by molar-refractivity contribution is 5.92. The van der Waals surface area contributed by atoms with Crippen LogP contribution in [0.3, 0.4) is 0 Å². The Labute approximate surface area is 122 Å². The van der Waals surface area contributed by atoms with Gasteiger partial charge in [-0.1, -0.05) is 12.1 Å². The second-order valence-electron chi connectivity index (χ2n) is 4.53. The first-order valence-electron chi connectivity index (χ1n) is 6.07. The number of carboxylic acids is 1. The van der Waals surface area contributed by atoms with Crippen molar-refractivity contribution in [2.45, 2.75) is 13.3 Å². The summed E-state index contributed by atoms with van der Waals surface area (Å²) < 4.78 is 54.1. The zero-order valence-electron chi connectivity index (χ0n) is 11.2. The normalized spacial score (nSPS) is 11.3. The van der Waals surface area contributed by atoms with Gasteiger partial charge in [0, 0.05) is 0 Å². The maximum Gasteiger partial charge on any atom is 0.573 e. The van der Waals surface area contributed by atoms with E-state index in [1.165, 1.54) is 31.2 Å². The van der Waals surface area contributed by atoms with Crippen LogP contribution in [0.1, 0.15) is 15.9 Å². The van der Waals surface area contributed by atoms with E-state index in [0.29, 0.717) is 11.1 Å². The highest BCUT2D eigenvalue weighted by Gasteiger charge is 2.33. The van der Waals surface area contributed by atoms with Crippen molar-refractivity contribution < 1.29 is 32.2 Å². The van der Waals surface area contributed by atoms with Gasteiger partial charge in [-0.2, -0.15) is 0 Å². The number of benzene rings is 2. The minimum atomic E-state index is -5.01. The van der Waals surface area contributed by atoms with Crippen molar-refractivity contribution in [3.63, 3.8) is 0 Å². The van der Waals surface area contributed by atoms with Gasteiger partial charge in [0.25, 0.3) is 0 Å². The molecule has 22 heavy (non-hydrogen) atoms. The van der Waals surface area contributed by atoms with Gasteiger partial charge >= 0.3 is 12.3 Å². The Kier molecular flexibility index (Phi) is 4.07. The number of hydrogen-bond donors (Lipinski definition) is 1. The Bertz CT molecular complexity index is 723. The van der Waals surface area contributed by atoms with E-state index in [1.54, 1.807) is 0 Å². The summed E-state index contributed by atoms with van der Waals surface area (Å²) in [6.07, 6.45) is -5.01. The smallest absolute Gasteiger partial charge is 0.478 e. The third kappa shape index (κ3) is 3.55. The molecule has 0 atom stereocenters. The van der Waals surface area contributed by atoms with Gasteiger partial charge in [-0.3, -0.25) is 0 Å². The fourth-order valence-electron chi connectivity index (χ4n) is 1.91. The Balaban J connectivity index is 2.52. The number of hydrogen-bond acceptors (Lipinski definition) is 2. The van der Waals surface area contributed by atoms with Crippen LogP contribution in [0.15, 0.2) is 36.4 Å². The molecular weight excluding hydrogens is 304 g/mol. The van der Waals surface area contributed by atoms with E-state index in [2.05, 4.69) is 4.74 Å². The van der Waals surface area contributed by atoms with Gasteiger partial charge in [-0.15, -0.1) is 13.2 Å². The topological polar surface area (TPSA) is 46.5 Å². The third-order valence-corrected chi connectivity index (χ3v) is 2.93. The average molecular weight is 314 g/mol. The number of carbonyl (C=O) groups is 1. The second-order valence-corrected chi connectivity index (χ2v) is 4.53. The highest BCUT2D eigenvalue weighted by atomic mass is 19.4. The Morgan fingerprint density at radius 2 is 1.68 bits per heavy atom. The molecule has 0 bridgehead atoms. The molecule has 0 aromatic heterocycles. The molecule has 1 N–H and O–H groups in total. The molecule has 0 saturated heterocycles. The molecule has 7 heteroatoms. The Morgan fingerprint density at radius 1 is 1.09 bits per heavy atom. The van der Waals surface area contributed by atoms with Gasteiger partial charge in [-0.05, 0) is 47.9 Å². The molecule has 2 aromatic carbocycles. The van der Waals surface area contributed by atoms with Crippen molar-refractivity contribution >= 4 is 5.97 Å². The summed E-state index contributed by atoms with van der Waals surface area (Å²) in [5.74, 6) is -2.81. The molecule has 0 heterocycles. The zero-order chi connectivity index (χ0) is 16.5. The summed E-state index contributed by atoms with van der Waals surface area (Å²) in [7, 11) is 0. The van der Waals surface area contributed by atoms with E-state index in [0.717, 1.165) is 12.1 Å². The van der Waals surface area contributed by atoms with E-state index in [-0.39, 0.29) is 5.56 Å². The van der Waals surface area contributed by atoms with Crippen LogP contribution in [0.4, 0.5) is 17.6 Å². The molecule has 116 valence electrons. The SMILES string of the molecule is Cc1cc(-c2ccc(C(=O)O)c(OC(F)(F)F)c2)ccc1F. The van der Waals surface area contributed by atoms with Crippen molar-refractivity contribution in [1.82, 2.24) is 0 Å². The maximum absolute atomic E-state index is 13.2. The van der Waals surface area contributed by atoms with Crippen LogP contribution in [0.2, 0.25) is 0 Å². The van der Waals surface area contributed by atoms with Crippen LogP contribution in [0.5, 0.6) is 5.75 Å². The van der Waals surface area contributed by atoms with Crippen molar-refractivity contribution in [2.24, 2.45) is 0 Å². The van der Waals surface area contributed by atoms with Gasteiger partial charge < -0.3 is 9.84 Å². The van der Waals surface area contributed by atoms with Gasteiger partial charge in [0.2, 0.25) is 0 Å². The monoisotopic (exact) mass is 314 g/mol. The Hall–Kier alpha value is -2.57. The first-order valence-corrected chi connectivity index (χ1v) is 6.07. The van der Waals surface area contributed by atoms with Crippen LogP contribution < -0.4 is 4.74 Å². The molecule has 3 nitrogen and oxygen atoms in total. The van der Waals surface area contributed by atoms with Gasteiger partial charge in [0.05, 0.1) is 0 Å². The summed E-state index contributed by atoms with van der Waals surface area (Å²) in [6.45, 7) is 1.51. The predicted molar refractivity (Wildman–Crippen MR) is 70.2 cm³/mol. The molecule has 0 aliphatic heterocycles. The van der Waals surface area contributed by atoms with E-state index in [1.807, 2.05) is 0 Å². The van der Waals surface area contributed by atoms with Gasteiger partial charge in [0.1, 0.15) is 17.1 Å². The molecule has 0 radical (unpaired) electrons. The summed E-state index contributed by atoms with van der Waals surface area (Å²) in [6, 6.07) is 7.32. The fraction of sp³-hybridized carbons (Fsp3) is 0.133. The number of halogens is 4. The average Bonchev–Trinajstić information content (AvgIpc) is 2.39. The lowest BCUT2D eigenvalue weighted by molar-refractivity contribution is -0.274. The molecule has 0 spiro atoms. The maximum atomic E-state index is 13.2. The van der Waals surface area contributed by atoms with Gasteiger partial charge in [-0.25, -0.2) is 9.18 Å². The summed E-state index contributed by atoms with van der Waals surface area (Å²) in [5, 5.41) is 8.91. The lowest BCUT2D eigenvalue weighted by atomic mass is 10.0. The van der Waals surface area contributed by atoms with Crippen molar-refractivity contribution in [1.29, 1.82) is 0 Å². The number of rotatable bonds is 3. The largest absolute Gasteiger partial charge is 0.573 e. The van der Waals surface area contributed by atoms with Gasteiger partial charge in [0.15, 0.2) is 0 Å². The zero-order valence-corrected chi connectivity index (χ0v) is 11.2. The predicted octanol–water partition coefficient (Wildman–Crippen LogP) is 4.40. The number of ether oxygens (including phenoxy) is 1. The molecule has 0 fully saturated rings. The molecule has 0 aliphatic carbocycles. The van der Waals surface area contributed by atoms with E-state index in [9.17, 15) is 22.4 Å². The molecule has 0 saturated carbocycles. The second kappa shape index (κ2) is 5.67. The minimum Gasteiger partial charge on any atom is -0.478 e. The molecule has 2 aromatic rings. The fourth-order valence-corrected chi connectivity index (χ4v) is 1.91. The highest BCUT2D eigenvalue weighted by Crippen LogP contribution is 2.32. The molecule has 2 rings (SSSR count). The first kappa shape index (κ1) is 15.8. The van der Waals surface area contributed by atoms with Crippen LogP contribution in [0, 0.1) is 12.7 Å². The van der Waals surface area contributed by atoms with Crippen LogP contribution in [-0.2, 0) is 0 Å². The van der Waals surface area contributed by atoms with Crippen LogP contribution in [0.25, 0.3) is 11.1 Å². The third-order valence-electron chi connectivity index (χ3n) is 2.93. The summed E-state index contributed by atoms with van der Waals surface area (Å²) in [5.41, 5.74) is 0.438. The number of alkyl halides is 3. The first-order chi connectivity index (χ1) is 10.2. The molecular formula is C15H10F4O3. The minimum absolute atomic E-state index is 0.285. The van der Waals surface area contributed by atoms with E-state index < -0.39 is 29.5 Å². The molecule has 0 unspecified atom stereocenters.